The Kier molecular flexibility index (Phi) is 6.71. The number of carbonyl (C=O) groups excluding carboxylic acids is 1. The molecule has 1 unspecified atom stereocenters. The fraction of sp³-hybridized carbons (Fsp3) is 0.588. The van der Waals surface area contributed by atoms with Gasteiger partial charge in [-0.15, -0.1) is 12.4 Å². The van der Waals surface area contributed by atoms with E-state index in [-0.39, 0.29) is 31.4 Å². The molecule has 2 aliphatic heterocycles. The third-order valence-electron chi connectivity index (χ3n) is 4.58. The quantitative estimate of drug-likeness (QED) is 0.810. The molecule has 2 aliphatic rings. The van der Waals surface area contributed by atoms with Crippen LogP contribution in [0.15, 0.2) is 24.3 Å². The van der Waals surface area contributed by atoms with Crippen molar-refractivity contribution in [1.82, 2.24) is 9.80 Å². The van der Waals surface area contributed by atoms with Crippen molar-refractivity contribution < 1.29 is 22.7 Å². The van der Waals surface area contributed by atoms with E-state index in [2.05, 4.69) is 6.07 Å². The molecule has 4 nitrogen and oxygen atoms in total. The Morgan fingerprint density at radius 1 is 1.20 bits per heavy atom. The number of rotatable bonds is 3. The fourth-order valence-corrected chi connectivity index (χ4v) is 3.23. The minimum Gasteiger partial charge on any atom is -0.366 e. The van der Waals surface area contributed by atoms with E-state index in [4.69, 9.17) is 4.74 Å². The molecule has 0 saturated carbocycles. The predicted octanol–water partition coefficient (Wildman–Crippen LogP) is 2.65. The van der Waals surface area contributed by atoms with Gasteiger partial charge in [-0.1, -0.05) is 24.3 Å². The molecule has 8 heteroatoms. The Labute approximate surface area is 151 Å². The molecule has 0 radical (unpaired) electrons. The molecular formula is C17H22ClF3N2O2. The summed E-state index contributed by atoms with van der Waals surface area (Å²) >= 11 is 0. The number of alkyl halides is 3. The van der Waals surface area contributed by atoms with Gasteiger partial charge in [-0.05, 0) is 17.5 Å². The van der Waals surface area contributed by atoms with Gasteiger partial charge in [-0.3, -0.25) is 9.69 Å². The molecule has 1 saturated heterocycles. The molecule has 0 aliphatic carbocycles. The molecular weight excluding hydrogens is 357 g/mol. The molecule has 0 bridgehead atoms. The summed E-state index contributed by atoms with van der Waals surface area (Å²) in [4.78, 5) is 16.1. The summed E-state index contributed by atoms with van der Waals surface area (Å²) in [6, 6.07) is 8.00. The van der Waals surface area contributed by atoms with Crippen LogP contribution in [-0.4, -0.2) is 60.8 Å². The third kappa shape index (κ3) is 5.33. The number of ether oxygens (including phenoxy) is 1. The first-order valence-corrected chi connectivity index (χ1v) is 8.19. The number of halogens is 4. The maximum Gasteiger partial charge on any atom is 0.390 e. The number of carbonyl (C=O) groups is 1. The normalized spacial score (nSPS) is 21.4. The van der Waals surface area contributed by atoms with Crippen LogP contribution in [-0.2, 0) is 22.5 Å². The van der Waals surface area contributed by atoms with Crippen LogP contribution in [0.2, 0.25) is 0 Å². The molecule has 2 heterocycles. The number of hydrogen-bond acceptors (Lipinski definition) is 3. The Balaban J connectivity index is 0.00000225. The van der Waals surface area contributed by atoms with Crippen LogP contribution < -0.4 is 0 Å². The lowest BCUT2D eigenvalue weighted by Crippen LogP contribution is -2.52. The van der Waals surface area contributed by atoms with Crippen molar-refractivity contribution in [2.45, 2.75) is 31.7 Å². The van der Waals surface area contributed by atoms with Crippen molar-refractivity contribution in [1.29, 1.82) is 0 Å². The molecule has 0 aromatic heterocycles. The van der Waals surface area contributed by atoms with Crippen LogP contribution in [0.3, 0.4) is 0 Å². The van der Waals surface area contributed by atoms with Gasteiger partial charge in [-0.25, -0.2) is 0 Å². The van der Waals surface area contributed by atoms with E-state index in [1.165, 1.54) is 5.56 Å². The first kappa shape index (κ1) is 20.0. The molecule has 0 N–H and O–H groups in total. The highest BCUT2D eigenvalue weighted by Gasteiger charge is 2.34. The topological polar surface area (TPSA) is 32.8 Å². The van der Waals surface area contributed by atoms with E-state index < -0.39 is 18.7 Å². The zero-order valence-electron chi connectivity index (χ0n) is 13.8. The Hall–Kier alpha value is -1.31. The number of fused-ring (bicyclic) bond motifs is 1. The molecule has 1 atom stereocenters. The fourth-order valence-electron chi connectivity index (χ4n) is 3.23. The second kappa shape index (κ2) is 8.38. The number of nitrogens with zero attached hydrogens (tertiary/aromatic N) is 2. The van der Waals surface area contributed by atoms with Crippen molar-refractivity contribution in [2.75, 3.05) is 32.8 Å². The van der Waals surface area contributed by atoms with Crippen LogP contribution in [0.1, 0.15) is 17.5 Å². The molecule has 25 heavy (non-hydrogen) atoms. The summed E-state index contributed by atoms with van der Waals surface area (Å²) in [5.41, 5.74) is 2.37. The van der Waals surface area contributed by atoms with Crippen molar-refractivity contribution >= 4 is 18.3 Å². The average Bonchev–Trinajstić information content (AvgIpc) is 2.58. The number of benzene rings is 1. The maximum atomic E-state index is 12.7. The molecule has 1 aromatic rings. The average molecular weight is 379 g/mol. The van der Waals surface area contributed by atoms with Crippen LogP contribution >= 0.6 is 12.4 Å². The minimum atomic E-state index is -4.17. The summed E-state index contributed by atoms with van der Waals surface area (Å²) in [6.07, 6.45) is -4.90. The first-order chi connectivity index (χ1) is 11.4. The second-order valence-electron chi connectivity index (χ2n) is 6.30. The summed E-state index contributed by atoms with van der Waals surface area (Å²) in [5, 5.41) is 0. The highest BCUT2D eigenvalue weighted by molar-refractivity contribution is 5.85. The zero-order valence-corrected chi connectivity index (χ0v) is 14.6. The highest BCUT2D eigenvalue weighted by Crippen LogP contribution is 2.22. The molecule has 1 aromatic carbocycles. The summed E-state index contributed by atoms with van der Waals surface area (Å²) < 4.78 is 42.6. The van der Waals surface area contributed by atoms with Crippen molar-refractivity contribution in [2.24, 2.45) is 0 Å². The molecule has 140 valence electrons. The molecule has 1 amide bonds. The van der Waals surface area contributed by atoms with Crippen molar-refractivity contribution in [3.63, 3.8) is 0 Å². The van der Waals surface area contributed by atoms with Gasteiger partial charge < -0.3 is 9.64 Å². The van der Waals surface area contributed by atoms with E-state index in [1.54, 1.807) is 9.80 Å². The van der Waals surface area contributed by atoms with Gasteiger partial charge in [0.15, 0.2) is 0 Å². The van der Waals surface area contributed by atoms with E-state index in [9.17, 15) is 18.0 Å². The number of hydrogen-bond donors (Lipinski definition) is 0. The minimum absolute atomic E-state index is 0. The van der Waals surface area contributed by atoms with Crippen LogP contribution in [0, 0.1) is 0 Å². The maximum absolute atomic E-state index is 12.7. The Bertz CT molecular complexity index is 598. The predicted molar refractivity (Wildman–Crippen MR) is 89.7 cm³/mol. The lowest BCUT2D eigenvalue weighted by atomic mass is 9.99. The first-order valence-electron chi connectivity index (χ1n) is 8.19. The standard InChI is InChI=1S/C17H21F3N2O2.ClH/c18-17(19,20)6-8-21-9-10-24-15(12-21)16(23)22-7-5-13-3-1-2-4-14(13)11-22;/h1-4,15H,5-12H2;1H. The molecule has 0 spiro atoms. The summed E-state index contributed by atoms with van der Waals surface area (Å²) in [5.74, 6) is -0.124. The van der Waals surface area contributed by atoms with E-state index in [1.807, 2.05) is 18.2 Å². The monoisotopic (exact) mass is 378 g/mol. The van der Waals surface area contributed by atoms with Crippen LogP contribution in [0.5, 0.6) is 0 Å². The smallest absolute Gasteiger partial charge is 0.366 e. The lowest BCUT2D eigenvalue weighted by molar-refractivity contribution is -0.154. The van der Waals surface area contributed by atoms with Gasteiger partial charge in [0.25, 0.3) is 5.91 Å². The molecule has 3 rings (SSSR count). The van der Waals surface area contributed by atoms with Gasteiger partial charge in [0.1, 0.15) is 6.10 Å². The Morgan fingerprint density at radius 3 is 2.64 bits per heavy atom. The van der Waals surface area contributed by atoms with Crippen molar-refractivity contribution in [3.8, 4) is 0 Å². The number of morpholine rings is 1. The largest absolute Gasteiger partial charge is 0.390 e. The Morgan fingerprint density at radius 2 is 1.92 bits per heavy atom. The van der Waals surface area contributed by atoms with E-state index in [0.29, 0.717) is 26.2 Å². The summed E-state index contributed by atoms with van der Waals surface area (Å²) in [6.45, 7) is 2.03. The zero-order chi connectivity index (χ0) is 17.2. The van der Waals surface area contributed by atoms with Gasteiger partial charge in [0, 0.05) is 32.7 Å². The molecule has 1 fully saturated rings. The van der Waals surface area contributed by atoms with Gasteiger partial charge in [-0.2, -0.15) is 13.2 Å². The van der Waals surface area contributed by atoms with Gasteiger partial charge >= 0.3 is 6.18 Å². The van der Waals surface area contributed by atoms with Crippen LogP contribution in [0.25, 0.3) is 0 Å². The van der Waals surface area contributed by atoms with Crippen LogP contribution in [0.4, 0.5) is 13.2 Å². The summed E-state index contributed by atoms with van der Waals surface area (Å²) in [7, 11) is 0. The number of amides is 1. The second-order valence-corrected chi connectivity index (χ2v) is 6.30. The van der Waals surface area contributed by atoms with E-state index in [0.717, 1.165) is 12.0 Å². The SMILES string of the molecule is Cl.O=C(C1CN(CCC(F)(F)F)CCO1)N1CCc2ccccc2C1. The lowest BCUT2D eigenvalue weighted by Gasteiger charge is -2.36. The van der Waals surface area contributed by atoms with Gasteiger partial charge in [0.2, 0.25) is 0 Å². The van der Waals surface area contributed by atoms with E-state index >= 15 is 0 Å². The van der Waals surface area contributed by atoms with Gasteiger partial charge in [0.05, 0.1) is 13.0 Å². The highest BCUT2D eigenvalue weighted by atomic mass is 35.5. The van der Waals surface area contributed by atoms with Crippen molar-refractivity contribution in [3.05, 3.63) is 35.4 Å². The third-order valence-corrected chi connectivity index (χ3v) is 4.58.